The molecular formula is C24H28F3N3O3. The van der Waals surface area contributed by atoms with Gasteiger partial charge in [-0.05, 0) is 30.4 Å². The van der Waals surface area contributed by atoms with Crippen LogP contribution in [-0.4, -0.2) is 35.4 Å². The molecule has 6 nitrogen and oxygen atoms in total. The predicted octanol–water partition coefficient (Wildman–Crippen LogP) is 4.08. The van der Waals surface area contributed by atoms with Gasteiger partial charge >= 0.3 is 6.18 Å². The third-order valence-electron chi connectivity index (χ3n) is 5.92. The lowest BCUT2D eigenvalue weighted by Gasteiger charge is -2.23. The summed E-state index contributed by atoms with van der Waals surface area (Å²) in [5, 5.41) is 2.42. The summed E-state index contributed by atoms with van der Waals surface area (Å²) in [5.41, 5.74) is -2.10. The first-order chi connectivity index (χ1) is 15.6. The van der Waals surface area contributed by atoms with Crippen LogP contribution >= 0.6 is 0 Å². The Labute approximate surface area is 190 Å². The topological polar surface area (TPSA) is 71.4 Å². The Morgan fingerprint density at radius 2 is 1.70 bits per heavy atom. The first kappa shape index (κ1) is 24.5. The fourth-order valence-electron chi connectivity index (χ4n) is 4.18. The van der Waals surface area contributed by atoms with E-state index in [1.165, 1.54) is 56.0 Å². The molecule has 0 spiro atoms. The number of alkyl halides is 3. The third-order valence-corrected chi connectivity index (χ3v) is 5.92. The van der Waals surface area contributed by atoms with Crippen molar-refractivity contribution in [3.05, 3.63) is 69.1 Å². The third kappa shape index (κ3) is 6.03. The molecule has 3 rings (SSSR count). The summed E-state index contributed by atoms with van der Waals surface area (Å²) in [7, 11) is 3.02. The average molecular weight is 464 g/mol. The molecule has 9 heteroatoms. The number of hydrogen-bond donors (Lipinski definition) is 1. The van der Waals surface area contributed by atoms with Crippen molar-refractivity contribution in [2.24, 2.45) is 5.92 Å². The van der Waals surface area contributed by atoms with E-state index in [1.807, 2.05) is 0 Å². The SMILES string of the molecule is CN(C)C(=O)c1cn(CC2CCCCC2)cc(C(=O)NCc2ccccc2C(F)(F)F)c1=O. The summed E-state index contributed by atoms with van der Waals surface area (Å²) in [6, 6.07) is 4.93. The molecule has 1 N–H and O–H groups in total. The molecule has 1 aliphatic carbocycles. The van der Waals surface area contributed by atoms with E-state index in [0.29, 0.717) is 12.5 Å². The van der Waals surface area contributed by atoms with Crippen LogP contribution in [0, 0.1) is 5.92 Å². The van der Waals surface area contributed by atoms with Gasteiger partial charge in [0.15, 0.2) is 0 Å². The van der Waals surface area contributed by atoms with Crippen molar-refractivity contribution in [2.45, 2.75) is 51.4 Å². The highest BCUT2D eigenvalue weighted by Gasteiger charge is 2.33. The van der Waals surface area contributed by atoms with Gasteiger partial charge in [-0.25, -0.2) is 0 Å². The number of benzene rings is 1. The van der Waals surface area contributed by atoms with Crippen LogP contribution in [0.3, 0.4) is 0 Å². The first-order valence-corrected chi connectivity index (χ1v) is 11.0. The van der Waals surface area contributed by atoms with E-state index in [0.717, 1.165) is 31.7 Å². The minimum absolute atomic E-state index is 0.110. The Kier molecular flexibility index (Phi) is 7.61. The maximum atomic E-state index is 13.2. The van der Waals surface area contributed by atoms with Crippen molar-refractivity contribution in [3.8, 4) is 0 Å². The van der Waals surface area contributed by atoms with Crippen LogP contribution in [0.4, 0.5) is 13.2 Å². The Balaban J connectivity index is 1.89. The summed E-state index contributed by atoms with van der Waals surface area (Å²) in [6.45, 7) is 0.160. The second kappa shape index (κ2) is 10.2. The van der Waals surface area contributed by atoms with Gasteiger partial charge in [0.1, 0.15) is 11.1 Å². The Bertz CT molecular complexity index is 1070. The Morgan fingerprint density at radius 3 is 2.33 bits per heavy atom. The molecule has 2 aromatic rings. The fraction of sp³-hybridized carbons (Fsp3) is 0.458. The second-order valence-corrected chi connectivity index (χ2v) is 8.65. The van der Waals surface area contributed by atoms with E-state index in [1.54, 1.807) is 4.57 Å². The van der Waals surface area contributed by atoms with E-state index in [2.05, 4.69) is 5.32 Å². The lowest BCUT2D eigenvalue weighted by atomic mass is 9.89. The predicted molar refractivity (Wildman–Crippen MR) is 118 cm³/mol. The van der Waals surface area contributed by atoms with Gasteiger partial charge in [-0.1, -0.05) is 37.5 Å². The molecule has 1 aromatic carbocycles. The van der Waals surface area contributed by atoms with Gasteiger partial charge < -0.3 is 14.8 Å². The number of pyridine rings is 1. The van der Waals surface area contributed by atoms with Gasteiger partial charge in [-0.2, -0.15) is 13.2 Å². The Hall–Kier alpha value is -3.10. The number of amides is 2. The first-order valence-electron chi connectivity index (χ1n) is 11.0. The van der Waals surface area contributed by atoms with Crippen LogP contribution < -0.4 is 10.7 Å². The summed E-state index contributed by atoms with van der Waals surface area (Å²) in [5.74, 6) is -0.977. The minimum Gasteiger partial charge on any atom is -0.352 e. The highest BCUT2D eigenvalue weighted by atomic mass is 19.4. The monoisotopic (exact) mass is 463 g/mol. The van der Waals surface area contributed by atoms with Crippen molar-refractivity contribution in [2.75, 3.05) is 14.1 Å². The van der Waals surface area contributed by atoms with Crippen molar-refractivity contribution in [1.82, 2.24) is 14.8 Å². The van der Waals surface area contributed by atoms with E-state index in [4.69, 9.17) is 0 Å². The molecule has 0 radical (unpaired) electrons. The number of hydrogen-bond acceptors (Lipinski definition) is 3. The lowest BCUT2D eigenvalue weighted by molar-refractivity contribution is -0.138. The van der Waals surface area contributed by atoms with Crippen molar-refractivity contribution < 1.29 is 22.8 Å². The van der Waals surface area contributed by atoms with E-state index >= 15 is 0 Å². The molecule has 1 aliphatic rings. The average Bonchev–Trinajstić information content (AvgIpc) is 2.78. The zero-order valence-corrected chi connectivity index (χ0v) is 18.7. The van der Waals surface area contributed by atoms with Crippen LogP contribution in [0.15, 0.2) is 41.5 Å². The van der Waals surface area contributed by atoms with Crippen LogP contribution in [0.2, 0.25) is 0 Å². The van der Waals surface area contributed by atoms with Crippen LogP contribution in [0.25, 0.3) is 0 Å². The molecule has 1 aromatic heterocycles. The molecule has 33 heavy (non-hydrogen) atoms. The maximum Gasteiger partial charge on any atom is 0.416 e. The molecule has 178 valence electrons. The van der Waals surface area contributed by atoms with Crippen molar-refractivity contribution >= 4 is 11.8 Å². The molecule has 0 aliphatic heterocycles. The summed E-state index contributed by atoms with van der Waals surface area (Å²) in [4.78, 5) is 39.6. The Morgan fingerprint density at radius 1 is 1.06 bits per heavy atom. The summed E-state index contributed by atoms with van der Waals surface area (Å²) >= 11 is 0. The van der Waals surface area contributed by atoms with Crippen LogP contribution in [0.5, 0.6) is 0 Å². The highest BCUT2D eigenvalue weighted by Crippen LogP contribution is 2.31. The number of nitrogens with one attached hydrogen (secondary N) is 1. The largest absolute Gasteiger partial charge is 0.416 e. The number of nitrogens with zero attached hydrogens (tertiary/aromatic N) is 2. The number of carbonyl (C=O) groups excluding carboxylic acids is 2. The van der Waals surface area contributed by atoms with E-state index in [9.17, 15) is 27.6 Å². The minimum atomic E-state index is -4.56. The fourth-order valence-corrected chi connectivity index (χ4v) is 4.18. The number of carbonyl (C=O) groups is 2. The lowest BCUT2D eigenvalue weighted by Crippen LogP contribution is -2.35. The van der Waals surface area contributed by atoms with E-state index < -0.39 is 35.5 Å². The van der Waals surface area contributed by atoms with Gasteiger partial charge in [0.25, 0.3) is 11.8 Å². The zero-order chi connectivity index (χ0) is 24.2. The summed E-state index contributed by atoms with van der Waals surface area (Å²) < 4.78 is 41.4. The molecule has 1 fully saturated rings. The molecule has 1 heterocycles. The van der Waals surface area contributed by atoms with Crippen LogP contribution in [-0.2, 0) is 19.3 Å². The second-order valence-electron chi connectivity index (χ2n) is 8.65. The van der Waals surface area contributed by atoms with Gasteiger partial charge in [-0.15, -0.1) is 0 Å². The number of rotatable bonds is 6. The molecule has 1 saturated carbocycles. The van der Waals surface area contributed by atoms with Crippen molar-refractivity contribution in [3.63, 3.8) is 0 Å². The van der Waals surface area contributed by atoms with Gasteiger partial charge in [0.2, 0.25) is 5.43 Å². The normalized spacial score (nSPS) is 14.7. The molecule has 2 amide bonds. The van der Waals surface area contributed by atoms with Gasteiger partial charge in [0.05, 0.1) is 5.56 Å². The molecule has 0 saturated heterocycles. The highest BCUT2D eigenvalue weighted by molar-refractivity contribution is 5.99. The molecule has 0 bridgehead atoms. The zero-order valence-electron chi connectivity index (χ0n) is 18.7. The maximum absolute atomic E-state index is 13.2. The molecule has 0 unspecified atom stereocenters. The van der Waals surface area contributed by atoms with Crippen molar-refractivity contribution in [1.29, 1.82) is 0 Å². The van der Waals surface area contributed by atoms with Gasteiger partial charge in [0, 0.05) is 39.6 Å². The number of aromatic nitrogens is 1. The summed E-state index contributed by atoms with van der Waals surface area (Å²) in [6.07, 6.45) is 3.76. The molecule has 0 atom stereocenters. The molecular weight excluding hydrogens is 435 g/mol. The quantitative estimate of drug-likeness (QED) is 0.702. The van der Waals surface area contributed by atoms with Crippen LogP contribution in [0.1, 0.15) is 63.9 Å². The van der Waals surface area contributed by atoms with Gasteiger partial charge in [-0.3, -0.25) is 14.4 Å². The van der Waals surface area contributed by atoms with E-state index in [-0.39, 0.29) is 16.7 Å². The number of halogens is 3. The smallest absolute Gasteiger partial charge is 0.352 e. The standard InChI is InChI=1S/C24H28F3N3O3/c1-29(2)23(33)19-15-30(13-16-8-4-3-5-9-16)14-18(21(19)31)22(32)28-12-17-10-6-7-11-20(17)24(25,26)27/h6-7,10-11,14-16H,3-5,8-9,12-13H2,1-2H3,(H,28,32).